The van der Waals surface area contributed by atoms with Crippen LogP contribution in [-0.2, 0) is 4.79 Å². The fraction of sp³-hybridized carbons (Fsp3) is 0.545. The highest BCUT2D eigenvalue weighted by Crippen LogP contribution is 2.16. The second kappa shape index (κ2) is 5.47. The van der Waals surface area contributed by atoms with E-state index in [1.54, 1.807) is 12.3 Å². The minimum atomic E-state index is -0.427. The fourth-order valence-electron chi connectivity index (χ4n) is 1.50. The van der Waals surface area contributed by atoms with Crippen molar-refractivity contribution in [2.75, 3.05) is 17.2 Å². The van der Waals surface area contributed by atoms with Gasteiger partial charge in [-0.05, 0) is 26.8 Å². The first-order chi connectivity index (χ1) is 7.93. The van der Waals surface area contributed by atoms with Crippen LogP contribution in [0, 0.1) is 0 Å². The molecule has 0 aliphatic carbocycles. The summed E-state index contributed by atoms with van der Waals surface area (Å²) in [5.74, 6) is 0.887. The van der Waals surface area contributed by atoms with Crippen molar-refractivity contribution in [3.05, 3.63) is 12.3 Å². The maximum Gasteiger partial charge on any atom is 0.224 e. The van der Waals surface area contributed by atoms with Gasteiger partial charge in [-0.3, -0.25) is 4.79 Å². The molecule has 0 fully saturated rings. The van der Waals surface area contributed by atoms with Gasteiger partial charge in [0.2, 0.25) is 11.9 Å². The molecule has 1 rings (SSSR count). The molecule has 0 aliphatic rings. The Morgan fingerprint density at radius 3 is 2.82 bits per heavy atom. The number of hydrogen-bond acceptors (Lipinski definition) is 5. The van der Waals surface area contributed by atoms with Gasteiger partial charge in [-0.1, -0.05) is 0 Å². The van der Waals surface area contributed by atoms with Crippen molar-refractivity contribution in [3.8, 4) is 0 Å². The van der Waals surface area contributed by atoms with Gasteiger partial charge in [-0.2, -0.15) is 4.98 Å². The molecule has 94 valence electrons. The van der Waals surface area contributed by atoms with Crippen LogP contribution >= 0.6 is 0 Å². The van der Waals surface area contributed by atoms with E-state index in [1.807, 2.05) is 20.8 Å². The van der Waals surface area contributed by atoms with Gasteiger partial charge in [0.25, 0.3) is 0 Å². The summed E-state index contributed by atoms with van der Waals surface area (Å²) in [4.78, 5) is 19.2. The summed E-state index contributed by atoms with van der Waals surface area (Å²) < 4.78 is 0. The Hall–Kier alpha value is -1.85. The lowest BCUT2D eigenvalue weighted by Crippen LogP contribution is -2.36. The number of hydrogen-bond donors (Lipinski definition) is 3. The zero-order chi connectivity index (χ0) is 12.9. The molecule has 0 unspecified atom stereocenters. The number of amides is 1. The maximum atomic E-state index is 10.9. The molecule has 0 bridgehead atoms. The molecule has 1 heterocycles. The lowest BCUT2D eigenvalue weighted by atomic mass is 10.0. The quantitative estimate of drug-likeness (QED) is 0.685. The highest BCUT2D eigenvalue weighted by Gasteiger charge is 2.20. The predicted octanol–water partition coefficient (Wildman–Crippen LogP) is 0.974. The molecule has 1 aromatic rings. The number of nitrogens with one attached hydrogen (secondary N) is 2. The molecule has 0 aromatic carbocycles. The molecule has 0 atom stereocenters. The van der Waals surface area contributed by atoms with Gasteiger partial charge in [0.05, 0.1) is 0 Å². The zero-order valence-corrected chi connectivity index (χ0v) is 10.4. The average Bonchev–Trinajstić information content (AvgIpc) is 2.15. The van der Waals surface area contributed by atoms with Crippen LogP contribution in [0.2, 0.25) is 0 Å². The summed E-state index contributed by atoms with van der Waals surface area (Å²) in [5, 5.41) is 6.18. The molecule has 4 N–H and O–H groups in total. The Morgan fingerprint density at radius 1 is 1.53 bits per heavy atom. The standard InChI is InChI=1S/C11H19N5O/c1-4-13-10-14-6-5-9(15-10)16-11(2,3)7-8(12)17/h5-6H,4,7H2,1-3H3,(H2,12,17)(H2,13,14,15,16). The number of primary amides is 1. The minimum absolute atomic E-state index is 0.244. The summed E-state index contributed by atoms with van der Waals surface area (Å²) in [5.41, 5.74) is 4.76. The van der Waals surface area contributed by atoms with E-state index in [-0.39, 0.29) is 12.3 Å². The topological polar surface area (TPSA) is 92.9 Å². The SMILES string of the molecule is CCNc1nccc(NC(C)(C)CC(N)=O)n1. The third-order valence-electron chi connectivity index (χ3n) is 2.07. The molecular formula is C11H19N5O. The molecule has 1 amide bonds. The van der Waals surface area contributed by atoms with E-state index in [0.29, 0.717) is 11.8 Å². The van der Waals surface area contributed by atoms with E-state index in [1.165, 1.54) is 0 Å². The summed E-state index contributed by atoms with van der Waals surface area (Å²) >= 11 is 0. The lowest BCUT2D eigenvalue weighted by Gasteiger charge is -2.25. The second-order valence-electron chi connectivity index (χ2n) is 4.45. The molecule has 6 nitrogen and oxygen atoms in total. The van der Waals surface area contributed by atoms with Crippen LogP contribution in [0.5, 0.6) is 0 Å². The smallest absolute Gasteiger partial charge is 0.224 e. The van der Waals surface area contributed by atoms with Crippen molar-refractivity contribution in [2.24, 2.45) is 5.73 Å². The predicted molar refractivity (Wildman–Crippen MR) is 67.7 cm³/mol. The Morgan fingerprint density at radius 2 is 2.24 bits per heavy atom. The van der Waals surface area contributed by atoms with E-state index in [0.717, 1.165) is 6.54 Å². The molecule has 0 radical (unpaired) electrons. The summed E-state index contributed by atoms with van der Waals surface area (Å²) in [6, 6.07) is 1.75. The van der Waals surface area contributed by atoms with Crippen LogP contribution in [0.4, 0.5) is 11.8 Å². The van der Waals surface area contributed by atoms with Crippen molar-refractivity contribution in [1.82, 2.24) is 9.97 Å². The van der Waals surface area contributed by atoms with Crippen LogP contribution in [0.3, 0.4) is 0 Å². The Bertz CT molecular complexity index is 391. The molecule has 0 aliphatic heterocycles. The van der Waals surface area contributed by atoms with Gasteiger partial charge >= 0.3 is 0 Å². The van der Waals surface area contributed by atoms with E-state index < -0.39 is 5.54 Å². The van der Waals surface area contributed by atoms with Gasteiger partial charge in [0.15, 0.2) is 0 Å². The number of carbonyl (C=O) groups is 1. The van der Waals surface area contributed by atoms with Crippen LogP contribution in [-0.4, -0.2) is 28.0 Å². The van der Waals surface area contributed by atoms with E-state index in [4.69, 9.17) is 5.73 Å². The van der Waals surface area contributed by atoms with Crippen LogP contribution in [0.15, 0.2) is 12.3 Å². The zero-order valence-electron chi connectivity index (χ0n) is 10.4. The normalized spacial score (nSPS) is 11.0. The lowest BCUT2D eigenvalue weighted by molar-refractivity contribution is -0.118. The fourth-order valence-corrected chi connectivity index (χ4v) is 1.50. The van der Waals surface area contributed by atoms with Crippen molar-refractivity contribution in [3.63, 3.8) is 0 Å². The van der Waals surface area contributed by atoms with Crippen molar-refractivity contribution in [2.45, 2.75) is 32.7 Å². The van der Waals surface area contributed by atoms with Crippen LogP contribution in [0.25, 0.3) is 0 Å². The molecule has 0 spiro atoms. The molecule has 6 heteroatoms. The first kappa shape index (κ1) is 13.2. The summed E-state index contributed by atoms with van der Waals surface area (Å²) in [6.45, 7) is 6.52. The van der Waals surface area contributed by atoms with E-state index in [2.05, 4.69) is 20.6 Å². The van der Waals surface area contributed by atoms with Crippen LogP contribution in [0.1, 0.15) is 27.2 Å². The number of rotatable bonds is 6. The van der Waals surface area contributed by atoms with Crippen LogP contribution < -0.4 is 16.4 Å². The first-order valence-electron chi connectivity index (χ1n) is 5.56. The third kappa shape index (κ3) is 4.67. The van der Waals surface area contributed by atoms with Gasteiger partial charge in [-0.15, -0.1) is 0 Å². The van der Waals surface area contributed by atoms with Crippen molar-refractivity contribution < 1.29 is 4.79 Å². The molecule has 17 heavy (non-hydrogen) atoms. The summed E-state index contributed by atoms with van der Waals surface area (Å²) in [7, 11) is 0. The number of nitrogens with two attached hydrogens (primary N) is 1. The van der Waals surface area contributed by atoms with E-state index >= 15 is 0 Å². The summed E-state index contributed by atoms with van der Waals surface area (Å²) in [6.07, 6.45) is 1.90. The highest BCUT2D eigenvalue weighted by molar-refractivity contribution is 5.75. The van der Waals surface area contributed by atoms with Gasteiger partial charge < -0.3 is 16.4 Å². The largest absolute Gasteiger partial charge is 0.370 e. The number of carbonyl (C=O) groups excluding carboxylic acids is 1. The third-order valence-corrected chi connectivity index (χ3v) is 2.07. The number of aromatic nitrogens is 2. The molecule has 0 saturated carbocycles. The Kier molecular flexibility index (Phi) is 4.25. The number of anilines is 2. The van der Waals surface area contributed by atoms with Crippen molar-refractivity contribution in [1.29, 1.82) is 0 Å². The number of nitrogens with zero attached hydrogens (tertiary/aromatic N) is 2. The van der Waals surface area contributed by atoms with Gasteiger partial charge in [-0.25, -0.2) is 4.98 Å². The highest BCUT2D eigenvalue weighted by atomic mass is 16.1. The molecular weight excluding hydrogens is 218 g/mol. The molecule has 1 aromatic heterocycles. The van der Waals surface area contributed by atoms with Gasteiger partial charge in [0.1, 0.15) is 5.82 Å². The first-order valence-corrected chi connectivity index (χ1v) is 5.56. The Labute approximate surface area is 101 Å². The monoisotopic (exact) mass is 237 g/mol. The second-order valence-corrected chi connectivity index (χ2v) is 4.45. The maximum absolute atomic E-state index is 10.9. The average molecular weight is 237 g/mol. The Balaban J connectivity index is 2.73. The molecule has 0 saturated heterocycles. The van der Waals surface area contributed by atoms with E-state index in [9.17, 15) is 4.79 Å². The minimum Gasteiger partial charge on any atom is -0.370 e. The van der Waals surface area contributed by atoms with Gasteiger partial charge in [0, 0.05) is 24.7 Å². The van der Waals surface area contributed by atoms with Crippen molar-refractivity contribution >= 4 is 17.7 Å².